The van der Waals surface area contributed by atoms with E-state index < -0.39 is 0 Å². The van der Waals surface area contributed by atoms with Crippen LogP contribution in [0.3, 0.4) is 0 Å². The Hall–Kier alpha value is -2.99. The molecule has 1 N–H and O–H groups in total. The number of amides is 1. The van der Waals surface area contributed by atoms with E-state index in [1.165, 1.54) is 22.2 Å². The molecule has 142 valence electrons. The van der Waals surface area contributed by atoms with Crippen molar-refractivity contribution in [3.8, 4) is 11.1 Å². The summed E-state index contributed by atoms with van der Waals surface area (Å²) >= 11 is 1.45. The Morgan fingerprint density at radius 1 is 1.18 bits per heavy atom. The van der Waals surface area contributed by atoms with E-state index in [2.05, 4.69) is 34.6 Å². The molecule has 0 aliphatic heterocycles. The van der Waals surface area contributed by atoms with Gasteiger partial charge in [0.25, 0.3) is 5.56 Å². The summed E-state index contributed by atoms with van der Waals surface area (Å²) in [5, 5.41) is 7.65. The number of rotatable bonds is 5. The number of hydrogen-bond acceptors (Lipinski definition) is 4. The molecule has 0 radical (unpaired) electrons. The predicted molar refractivity (Wildman–Crippen MR) is 115 cm³/mol. The lowest BCUT2D eigenvalue weighted by Crippen LogP contribution is -2.34. The number of carbonyl (C=O) groups excluding carboxylic acids is 1. The minimum Gasteiger partial charge on any atom is -0.354 e. The third-order valence-corrected chi connectivity index (χ3v) is 5.53. The number of aromatic nitrogens is 2. The highest BCUT2D eigenvalue weighted by Crippen LogP contribution is 2.32. The SMILES string of the molecule is CC(C)CNC(=O)Cn1cnc2scc(-c3ccc4ccccc4c3)c2c1=O. The zero-order valence-electron chi connectivity index (χ0n) is 15.8. The van der Waals surface area contributed by atoms with Crippen molar-refractivity contribution in [3.63, 3.8) is 0 Å². The van der Waals surface area contributed by atoms with Gasteiger partial charge >= 0.3 is 0 Å². The average Bonchev–Trinajstić information content (AvgIpc) is 3.13. The molecule has 0 saturated heterocycles. The van der Waals surface area contributed by atoms with Gasteiger partial charge in [-0.3, -0.25) is 14.2 Å². The van der Waals surface area contributed by atoms with Crippen molar-refractivity contribution in [1.82, 2.24) is 14.9 Å². The second-order valence-electron chi connectivity index (χ2n) is 7.27. The van der Waals surface area contributed by atoms with Gasteiger partial charge in [-0.05, 0) is 28.3 Å². The summed E-state index contributed by atoms with van der Waals surface area (Å²) in [6.07, 6.45) is 1.46. The Labute approximate surface area is 166 Å². The van der Waals surface area contributed by atoms with Crippen molar-refractivity contribution in [2.75, 3.05) is 6.54 Å². The Balaban J connectivity index is 1.73. The maximum absolute atomic E-state index is 13.1. The van der Waals surface area contributed by atoms with Gasteiger partial charge in [0.1, 0.15) is 11.4 Å². The summed E-state index contributed by atoms with van der Waals surface area (Å²) < 4.78 is 1.38. The molecule has 2 heterocycles. The van der Waals surface area contributed by atoms with E-state index in [4.69, 9.17) is 0 Å². The van der Waals surface area contributed by atoms with Crippen molar-refractivity contribution < 1.29 is 4.79 Å². The molecule has 5 nitrogen and oxygen atoms in total. The average molecular weight is 391 g/mol. The van der Waals surface area contributed by atoms with E-state index in [-0.39, 0.29) is 18.0 Å². The lowest BCUT2D eigenvalue weighted by atomic mass is 10.0. The first-order valence-corrected chi connectivity index (χ1v) is 10.1. The highest BCUT2D eigenvalue weighted by Gasteiger charge is 2.15. The fourth-order valence-electron chi connectivity index (χ4n) is 3.18. The smallest absolute Gasteiger partial charge is 0.263 e. The summed E-state index contributed by atoms with van der Waals surface area (Å²) in [5.41, 5.74) is 1.65. The van der Waals surface area contributed by atoms with Gasteiger partial charge in [0.05, 0.1) is 11.7 Å². The molecule has 2 aromatic heterocycles. The van der Waals surface area contributed by atoms with Crippen molar-refractivity contribution in [3.05, 3.63) is 64.5 Å². The minimum atomic E-state index is -0.186. The van der Waals surface area contributed by atoms with Crippen LogP contribution < -0.4 is 10.9 Å². The maximum atomic E-state index is 13.1. The summed E-state index contributed by atoms with van der Waals surface area (Å²) in [6.45, 7) is 4.62. The number of nitrogens with one attached hydrogen (secondary N) is 1. The molecule has 0 saturated carbocycles. The highest BCUT2D eigenvalue weighted by atomic mass is 32.1. The largest absolute Gasteiger partial charge is 0.354 e. The van der Waals surface area contributed by atoms with Gasteiger partial charge in [-0.1, -0.05) is 50.2 Å². The summed E-state index contributed by atoms with van der Waals surface area (Å²) in [7, 11) is 0. The van der Waals surface area contributed by atoms with Crippen LogP contribution in [0.15, 0.2) is 59.0 Å². The molecule has 2 aromatic carbocycles. The summed E-state index contributed by atoms with van der Waals surface area (Å²) in [4.78, 5) is 30.3. The van der Waals surface area contributed by atoms with Crippen LogP contribution in [0, 0.1) is 5.92 Å². The maximum Gasteiger partial charge on any atom is 0.263 e. The van der Waals surface area contributed by atoms with Crippen molar-refractivity contribution in [1.29, 1.82) is 0 Å². The van der Waals surface area contributed by atoms with E-state index >= 15 is 0 Å². The quantitative estimate of drug-likeness (QED) is 0.558. The van der Waals surface area contributed by atoms with Crippen molar-refractivity contribution in [2.24, 2.45) is 5.92 Å². The van der Waals surface area contributed by atoms with Crippen molar-refractivity contribution in [2.45, 2.75) is 20.4 Å². The van der Waals surface area contributed by atoms with Crippen molar-refractivity contribution >= 4 is 38.2 Å². The van der Waals surface area contributed by atoms with Gasteiger partial charge < -0.3 is 5.32 Å². The van der Waals surface area contributed by atoms with Crippen LogP contribution in [0.4, 0.5) is 0 Å². The molecule has 4 rings (SSSR count). The first-order chi connectivity index (χ1) is 13.5. The van der Waals surface area contributed by atoms with Gasteiger partial charge in [0.15, 0.2) is 0 Å². The normalized spacial score (nSPS) is 11.4. The second-order valence-corrected chi connectivity index (χ2v) is 8.13. The van der Waals surface area contributed by atoms with Crippen LogP contribution in [0.1, 0.15) is 13.8 Å². The fraction of sp³-hybridized carbons (Fsp3) is 0.227. The third kappa shape index (κ3) is 3.55. The van der Waals surface area contributed by atoms with Gasteiger partial charge in [0.2, 0.25) is 5.91 Å². The Kier molecular flexibility index (Phi) is 4.96. The van der Waals surface area contributed by atoms with Gasteiger partial charge in [-0.25, -0.2) is 4.98 Å². The fourth-order valence-corrected chi connectivity index (χ4v) is 4.08. The molecule has 1 amide bonds. The molecule has 28 heavy (non-hydrogen) atoms. The van der Waals surface area contributed by atoms with Gasteiger partial charge in [-0.2, -0.15) is 0 Å². The Morgan fingerprint density at radius 2 is 1.96 bits per heavy atom. The van der Waals surface area contributed by atoms with Crippen LogP contribution >= 0.6 is 11.3 Å². The number of nitrogens with zero attached hydrogens (tertiary/aromatic N) is 2. The monoisotopic (exact) mass is 391 g/mol. The van der Waals surface area contributed by atoms with Gasteiger partial charge in [-0.15, -0.1) is 11.3 Å². The van der Waals surface area contributed by atoms with E-state index in [1.54, 1.807) is 0 Å². The molecular formula is C22H21N3O2S. The standard InChI is InChI=1S/C22H21N3O2S/c1-14(2)10-23-19(26)11-25-13-24-21-20(22(25)27)18(12-28-21)17-8-7-15-5-3-4-6-16(15)9-17/h3-9,12-14H,10-11H2,1-2H3,(H,23,26). The molecule has 4 aromatic rings. The van der Waals surface area contributed by atoms with E-state index in [0.717, 1.165) is 21.9 Å². The van der Waals surface area contributed by atoms with E-state index in [9.17, 15) is 9.59 Å². The van der Waals surface area contributed by atoms with E-state index in [0.29, 0.717) is 22.7 Å². The molecule has 0 fully saturated rings. The molecule has 6 heteroatoms. The van der Waals surface area contributed by atoms with E-state index in [1.807, 2.05) is 37.4 Å². The van der Waals surface area contributed by atoms with Crippen LogP contribution in [0.5, 0.6) is 0 Å². The Morgan fingerprint density at radius 3 is 2.75 bits per heavy atom. The van der Waals surface area contributed by atoms with Crippen LogP contribution in [-0.4, -0.2) is 22.0 Å². The predicted octanol–water partition coefficient (Wildman–Crippen LogP) is 4.05. The molecule has 0 aliphatic carbocycles. The first kappa shape index (κ1) is 18.4. The highest BCUT2D eigenvalue weighted by molar-refractivity contribution is 7.17. The molecule has 0 unspecified atom stereocenters. The number of hydrogen-bond donors (Lipinski definition) is 1. The minimum absolute atomic E-state index is 0.0263. The first-order valence-electron chi connectivity index (χ1n) is 9.25. The molecular weight excluding hydrogens is 370 g/mol. The number of carbonyl (C=O) groups is 1. The number of fused-ring (bicyclic) bond motifs is 2. The van der Waals surface area contributed by atoms with Gasteiger partial charge in [0, 0.05) is 17.5 Å². The zero-order chi connectivity index (χ0) is 19.7. The second kappa shape index (κ2) is 7.56. The van der Waals surface area contributed by atoms with Crippen LogP contribution in [-0.2, 0) is 11.3 Å². The third-order valence-electron chi connectivity index (χ3n) is 4.64. The molecule has 0 bridgehead atoms. The van der Waals surface area contributed by atoms with Crippen LogP contribution in [0.2, 0.25) is 0 Å². The number of thiophene rings is 1. The molecule has 0 spiro atoms. The molecule has 0 atom stereocenters. The lowest BCUT2D eigenvalue weighted by molar-refractivity contribution is -0.121. The van der Waals surface area contributed by atoms with Crippen LogP contribution in [0.25, 0.3) is 32.1 Å². The molecule has 0 aliphatic rings. The zero-order valence-corrected chi connectivity index (χ0v) is 16.6. The Bertz CT molecular complexity index is 1220. The topological polar surface area (TPSA) is 64.0 Å². The lowest BCUT2D eigenvalue weighted by Gasteiger charge is -2.09. The summed E-state index contributed by atoms with van der Waals surface area (Å²) in [5.74, 6) is 0.178. The summed E-state index contributed by atoms with van der Waals surface area (Å²) in [6, 6.07) is 14.3. The number of benzene rings is 2.